The van der Waals surface area contributed by atoms with Crippen LogP contribution >= 0.6 is 0 Å². The van der Waals surface area contributed by atoms with E-state index in [1.165, 1.54) is 5.56 Å². The molecule has 0 aliphatic carbocycles. The predicted octanol–water partition coefficient (Wildman–Crippen LogP) is 1.24. The van der Waals surface area contributed by atoms with E-state index in [1.54, 1.807) is 0 Å². The van der Waals surface area contributed by atoms with Crippen LogP contribution in [0.5, 0.6) is 0 Å². The molecule has 0 bridgehead atoms. The summed E-state index contributed by atoms with van der Waals surface area (Å²) in [6, 6.07) is 2.67. The first-order valence-electron chi connectivity index (χ1n) is 4.80. The SMILES string of the molecule is CC1COCCN1Cc1cc[nH]c1. The van der Waals surface area contributed by atoms with Gasteiger partial charge in [-0.2, -0.15) is 0 Å². The van der Waals surface area contributed by atoms with Crippen LogP contribution in [-0.4, -0.2) is 35.7 Å². The lowest BCUT2D eigenvalue weighted by Gasteiger charge is -2.32. The highest BCUT2D eigenvalue weighted by atomic mass is 16.5. The summed E-state index contributed by atoms with van der Waals surface area (Å²) in [7, 11) is 0. The highest BCUT2D eigenvalue weighted by Gasteiger charge is 2.18. The second kappa shape index (κ2) is 3.94. The molecule has 1 aromatic rings. The van der Waals surface area contributed by atoms with Crippen molar-refractivity contribution in [2.24, 2.45) is 0 Å². The van der Waals surface area contributed by atoms with Crippen LogP contribution in [0.15, 0.2) is 18.5 Å². The fourth-order valence-corrected chi connectivity index (χ4v) is 1.69. The van der Waals surface area contributed by atoms with Gasteiger partial charge in [-0.05, 0) is 18.6 Å². The molecular weight excluding hydrogens is 164 g/mol. The van der Waals surface area contributed by atoms with Crippen LogP contribution in [0.4, 0.5) is 0 Å². The van der Waals surface area contributed by atoms with Gasteiger partial charge < -0.3 is 9.72 Å². The second-order valence-corrected chi connectivity index (χ2v) is 3.61. The standard InChI is InChI=1S/C10H16N2O/c1-9-8-13-5-4-12(9)7-10-2-3-11-6-10/h2-3,6,9,11H,4-5,7-8H2,1H3. The molecule has 1 aromatic heterocycles. The maximum absolute atomic E-state index is 5.38. The van der Waals surface area contributed by atoms with Gasteiger partial charge in [0.15, 0.2) is 0 Å². The summed E-state index contributed by atoms with van der Waals surface area (Å²) in [6.07, 6.45) is 4.03. The van der Waals surface area contributed by atoms with Crippen molar-refractivity contribution in [2.45, 2.75) is 19.5 Å². The molecule has 1 aliphatic heterocycles. The Bertz CT molecular complexity index is 245. The first-order chi connectivity index (χ1) is 6.36. The summed E-state index contributed by atoms with van der Waals surface area (Å²) < 4.78 is 5.38. The van der Waals surface area contributed by atoms with Gasteiger partial charge in [0.25, 0.3) is 0 Å². The van der Waals surface area contributed by atoms with Gasteiger partial charge in [0.1, 0.15) is 0 Å². The molecule has 1 atom stereocenters. The van der Waals surface area contributed by atoms with Crippen molar-refractivity contribution in [3.8, 4) is 0 Å². The van der Waals surface area contributed by atoms with Gasteiger partial charge in [-0.25, -0.2) is 0 Å². The highest BCUT2D eigenvalue weighted by Crippen LogP contribution is 2.10. The van der Waals surface area contributed by atoms with E-state index in [0.29, 0.717) is 6.04 Å². The Kier molecular flexibility index (Phi) is 2.66. The summed E-state index contributed by atoms with van der Waals surface area (Å²) >= 11 is 0. The van der Waals surface area contributed by atoms with Crippen LogP contribution in [0.2, 0.25) is 0 Å². The Morgan fingerprint density at radius 2 is 2.62 bits per heavy atom. The number of rotatable bonds is 2. The van der Waals surface area contributed by atoms with E-state index >= 15 is 0 Å². The summed E-state index contributed by atoms with van der Waals surface area (Å²) in [5.41, 5.74) is 1.36. The Balaban J connectivity index is 1.93. The number of morpholine rings is 1. The summed E-state index contributed by atoms with van der Waals surface area (Å²) in [4.78, 5) is 5.53. The second-order valence-electron chi connectivity index (χ2n) is 3.61. The molecule has 1 aliphatic rings. The molecule has 1 saturated heterocycles. The largest absolute Gasteiger partial charge is 0.379 e. The van der Waals surface area contributed by atoms with E-state index < -0.39 is 0 Å². The zero-order chi connectivity index (χ0) is 9.10. The van der Waals surface area contributed by atoms with Crippen LogP contribution in [0.3, 0.4) is 0 Å². The van der Waals surface area contributed by atoms with Crippen molar-refractivity contribution in [2.75, 3.05) is 19.8 Å². The third kappa shape index (κ3) is 2.11. The average Bonchev–Trinajstić information content (AvgIpc) is 2.61. The molecule has 1 N–H and O–H groups in total. The smallest absolute Gasteiger partial charge is 0.0619 e. The molecule has 2 rings (SSSR count). The van der Waals surface area contributed by atoms with Crippen LogP contribution in [0.1, 0.15) is 12.5 Å². The minimum Gasteiger partial charge on any atom is -0.379 e. The maximum atomic E-state index is 5.38. The van der Waals surface area contributed by atoms with Gasteiger partial charge in [-0.15, -0.1) is 0 Å². The predicted molar refractivity (Wildman–Crippen MR) is 51.5 cm³/mol. The van der Waals surface area contributed by atoms with Crippen LogP contribution in [-0.2, 0) is 11.3 Å². The van der Waals surface area contributed by atoms with Gasteiger partial charge in [0.2, 0.25) is 0 Å². The summed E-state index contributed by atoms with van der Waals surface area (Å²) in [5, 5.41) is 0. The maximum Gasteiger partial charge on any atom is 0.0619 e. The molecule has 72 valence electrons. The Morgan fingerprint density at radius 1 is 1.69 bits per heavy atom. The zero-order valence-electron chi connectivity index (χ0n) is 7.99. The third-order valence-electron chi connectivity index (χ3n) is 2.55. The van der Waals surface area contributed by atoms with Crippen molar-refractivity contribution in [3.63, 3.8) is 0 Å². The molecule has 0 spiro atoms. The zero-order valence-corrected chi connectivity index (χ0v) is 7.99. The van der Waals surface area contributed by atoms with Gasteiger partial charge in [-0.1, -0.05) is 0 Å². The molecule has 1 fully saturated rings. The Labute approximate surface area is 78.7 Å². The summed E-state index contributed by atoms with van der Waals surface area (Å²) in [6.45, 7) is 6.03. The number of hydrogen-bond acceptors (Lipinski definition) is 2. The number of nitrogens with zero attached hydrogens (tertiary/aromatic N) is 1. The van der Waals surface area contributed by atoms with Crippen molar-refractivity contribution in [1.82, 2.24) is 9.88 Å². The lowest BCUT2D eigenvalue weighted by molar-refractivity contribution is -0.00435. The van der Waals surface area contributed by atoms with Gasteiger partial charge in [0.05, 0.1) is 13.2 Å². The fourth-order valence-electron chi connectivity index (χ4n) is 1.69. The van der Waals surface area contributed by atoms with E-state index in [9.17, 15) is 0 Å². The van der Waals surface area contributed by atoms with E-state index in [4.69, 9.17) is 4.74 Å². The van der Waals surface area contributed by atoms with Crippen molar-refractivity contribution in [1.29, 1.82) is 0 Å². The molecule has 3 heteroatoms. The quantitative estimate of drug-likeness (QED) is 0.741. The van der Waals surface area contributed by atoms with Crippen LogP contribution in [0, 0.1) is 0 Å². The molecular formula is C10H16N2O. The number of hydrogen-bond donors (Lipinski definition) is 1. The monoisotopic (exact) mass is 180 g/mol. The first-order valence-corrected chi connectivity index (χ1v) is 4.80. The van der Waals surface area contributed by atoms with Gasteiger partial charge in [-0.3, -0.25) is 4.90 Å². The molecule has 13 heavy (non-hydrogen) atoms. The Hall–Kier alpha value is -0.800. The van der Waals surface area contributed by atoms with Crippen LogP contribution < -0.4 is 0 Å². The number of ether oxygens (including phenoxy) is 1. The first kappa shape index (κ1) is 8.78. The number of aromatic nitrogens is 1. The van der Waals surface area contributed by atoms with Crippen LogP contribution in [0.25, 0.3) is 0 Å². The summed E-state index contributed by atoms with van der Waals surface area (Å²) in [5.74, 6) is 0. The lowest BCUT2D eigenvalue weighted by Crippen LogP contribution is -2.42. The highest BCUT2D eigenvalue weighted by molar-refractivity contribution is 5.08. The third-order valence-corrected chi connectivity index (χ3v) is 2.55. The normalized spacial score (nSPS) is 24.8. The fraction of sp³-hybridized carbons (Fsp3) is 0.600. The lowest BCUT2D eigenvalue weighted by atomic mass is 10.2. The molecule has 0 radical (unpaired) electrons. The molecule has 2 heterocycles. The minimum atomic E-state index is 0.545. The minimum absolute atomic E-state index is 0.545. The molecule has 0 saturated carbocycles. The molecule has 0 amide bonds. The van der Waals surface area contributed by atoms with E-state index in [2.05, 4.69) is 29.1 Å². The Morgan fingerprint density at radius 3 is 3.31 bits per heavy atom. The van der Waals surface area contributed by atoms with E-state index in [-0.39, 0.29) is 0 Å². The van der Waals surface area contributed by atoms with Gasteiger partial charge >= 0.3 is 0 Å². The van der Waals surface area contributed by atoms with E-state index in [0.717, 1.165) is 26.3 Å². The van der Waals surface area contributed by atoms with Gasteiger partial charge in [0, 0.05) is 31.5 Å². The van der Waals surface area contributed by atoms with E-state index in [1.807, 2.05) is 6.20 Å². The molecule has 1 unspecified atom stereocenters. The van der Waals surface area contributed by atoms with Crippen molar-refractivity contribution < 1.29 is 4.74 Å². The van der Waals surface area contributed by atoms with Crippen molar-refractivity contribution in [3.05, 3.63) is 24.0 Å². The number of H-pyrrole nitrogens is 1. The topological polar surface area (TPSA) is 28.3 Å². The molecule has 3 nitrogen and oxygen atoms in total. The average molecular weight is 180 g/mol. The molecule has 0 aromatic carbocycles. The van der Waals surface area contributed by atoms with Crippen molar-refractivity contribution >= 4 is 0 Å². The number of nitrogens with one attached hydrogen (secondary N) is 1. The number of aromatic amines is 1.